The van der Waals surface area contributed by atoms with Gasteiger partial charge in [-0.3, -0.25) is 4.79 Å². The number of aromatic nitrogens is 2. The summed E-state index contributed by atoms with van der Waals surface area (Å²) in [7, 11) is 0. The van der Waals surface area contributed by atoms with Gasteiger partial charge in [-0.1, -0.05) is 18.5 Å². The highest BCUT2D eigenvalue weighted by Crippen LogP contribution is 2.23. The highest BCUT2D eigenvalue weighted by molar-refractivity contribution is 6.32. The Morgan fingerprint density at radius 3 is 3.11 bits per heavy atom. The molecule has 0 saturated carbocycles. The van der Waals surface area contributed by atoms with Crippen molar-refractivity contribution in [2.75, 3.05) is 24.5 Å². The van der Waals surface area contributed by atoms with Crippen molar-refractivity contribution in [3.63, 3.8) is 0 Å². The summed E-state index contributed by atoms with van der Waals surface area (Å²) in [5.74, 6) is 0.607. The minimum absolute atomic E-state index is 0.191. The third-order valence-electron chi connectivity index (χ3n) is 3.23. The van der Waals surface area contributed by atoms with E-state index in [1.807, 2.05) is 0 Å². The number of H-pyrrole nitrogens is 1. The van der Waals surface area contributed by atoms with Crippen molar-refractivity contribution >= 4 is 17.4 Å². The van der Waals surface area contributed by atoms with Crippen LogP contribution in [0.25, 0.3) is 0 Å². The lowest BCUT2D eigenvalue weighted by Crippen LogP contribution is -2.47. The monoisotopic (exact) mass is 270 g/mol. The van der Waals surface area contributed by atoms with Gasteiger partial charge in [-0.25, -0.2) is 4.98 Å². The molecule has 1 aromatic rings. The minimum Gasteiger partial charge on any atom is -0.351 e. The van der Waals surface area contributed by atoms with Crippen LogP contribution in [0, 0.1) is 0 Å². The van der Waals surface area contributed by atoms with Crippen LogP contribution in [0.5, 0.6) is 0 Å². The molecular weight excluding hydrogens is 252 g/mol. The van der Waals surface area contributed by atoms with E-state index in [2.05, 4.69) is 27.1 Å². The zero-order valence-electron chi connectivity index (χ0n) is 10.6. The quantitative estimate of drug-likeness (QED) is 0.868. The first kappa shape index (κ1) is 13.4. The molecule has 1 saturated heterocycles. The molecule has 2 heterocycles. The second-order valence-corrected chi connectivity index (χ2v) is 4.94. The normalized spacial score (nSPS) is 19.8. The fourth-order valence-electron chi connectivity index (χ4n) is 2.38. The third-order valence-corrected chi connectivity index (χ3v) is 3.57. The second kappa shape index (κ2) is 6.20. The van der Waals surface area contributed by atoms with E-state index in [9.17, 15) is 4.79 Å². The third kappa shape index (κ3) is 2.84. The minimum atomic E-state index is -0.272. The molecule has 0 aliphatic carbocycles. The first-order valence-corrected chi connectivity index (χ1v) is 6.82. The number of anilines is 1. The summed E-state index contributed by atoms with van der Waals surface area (Å²) in [6, 6.07) is 0.366. The van der Waals surface area contributed by atoms with Crippen LogP contribution in [-0.2, 0) is 0 Å². The molecule has 2 N–H and O–H groups in total. The van der Waals surface area contributed by atoms with Crippen LogP contribution in [0.15, 0.2) is 11.1 Å². The molecule has 100 valence electrons. The summed E-state index contributed by atoms with van der Waals surface area (Å²) in [5, 5.41) is 3.57. The van der Waals surface area contributed by atoms with Crippen LogP contribution in [0.3, 0.4) is 0 Å². The zero-order valence-corrected chi connectivity index (χ0v) is 11.3. The van der Waals surface area contributed by atoms with E-state index < -0.39 is 0 Å². The molecule has 1 fully saturated rings. The van der Waals surface area contributed by atoms with Crippen LogP contribution in [-0.4, -0.2) is 35.6 Å². The Morgan fingerprint density at radius 2 is 2.44 bits per heavy atom. The molecule has 18 heavy (non-hydrogen) atoms. The van der Waals surface area contributed by atoms with Gasteiger partial charge in [-0.15, -0.1) is 0 Å². The summed E-state index contributed by atoms with van der Waals surface area (Å²) < 4.78 is 0. The number of halogens is 1. The van der Waals surface area contributed by atoms with E-state index in [4.69, 9.17) is 11.6 Å². The van der Waals surface area contributed by atoms with E-state index >= 15 is 0 Å². The Bertz CT molecular complexity index is 442. The van der Waals surface area contributed by atoms with Crippen LogP contribution in [0.4, 0.5) is 5.82 Å². The maximum absolute atomic E-state index is 11.6. The number of rotatable bonds is 4. The Morgan fingerprint density at radius 1 is 1.61 bits per heavy atom. The van der Waals surface area contributed by atoms with Gasteiger partial charge >= 0.3 is 0 Å². The Labute approximate surface area is 112 Å². The molecule has 0 amide bonds. The lowest BCUT2D eigenvalue weighted by Gasteiger charge is -2.35. The number of piperidine rings is 1. The van der Waals surface area contributed by atoms with Crippen molar-refractivity contribution in [1.82, 2.24) is 15.3 Å². The summed E-state index contributed by atoms with van der Waals surface area (Å²) in [4.78, 5) is 20.5. The zero-order chi connectivity index (χ0) is 13.0. The van der Waals surface area contributed by atoms with E-state index in [1.54, 1.807) is 0 Å². The van der Waals surface area contributed by atoms with Gasteiger partial charge in [0.15, 0.2) is 5.82 Å². The maximum Gasteiger partial charge on any atom is 0.271 e. The predicted molar refractivity (Wildman–Crippen MR) is 73.4 cm³/mol. The molecule has 0 bridgehead atoms. The molecule has 6 heteroatoms. The lowest BCUT2D eigenvalue weighted by molar-refractivity contribution is 0.428. The molecule has 1 aliphatic rings. The van der Waals surface area contributed by atoms with Gasteiger partial charge in [0, 0.05) is 19.1 Å². The van der Waals surface area contributed by atoms with Gasteiger partial charge in [0.1, 0.15) is 5.02 Å². The van der Waals surface area contributed by atoms with Crippen molar-refractivity contribution in [2.45, 2.75) is 32.2 Å². The molecule has 1 aromatic heterocycles. The first-order valence-electron chi connectivity index (χ1n) is 6.44. The predicted octanol–water partition coefficient (Wildman–Crippen LogP) is 1.39. The molecule has 5 nitrogen and oxygen atoms in total. The van der Waals surface area contributed by atoms with Crippen LogP contribution >= 0.6 is 11.6 Å². The van der Waals surface area contributed by atoms with Crippen LogP contribution < -0.4 is 15.8 Å². The Hall–Kier alpha value is -1.07. The number of aromatic amines is 1. The first-order chi connectivity index (χ1) is 8.74. The number of nitrogens with one attached hydrogen (secondary N) is 2. The van der Waals surface area contributed by atoms with Gasteiger partial charge in [0.05, 0.1) is 6.33 Å². The molecule has 1 unspecified atom stereocenters. The standard InChI is InChI=1S/C12H19ClN4O/c1-2-6-17(9-4-3-5-14-7-9)11-10(13)12(18)16-8-15-11/h8-9,14H,2-7H2,1H3,(H,15,16,18). The fourth-order valence-corrected chi connectivity index (χ4v) is 2.59. The Kier molecular flexibility index (Phi) is 4.60. The topological polar surface area (TPSA) is 61.0 Å². The van der Waals surface area contributed by atoms with E-state index in [1.165, 1.54) is 6.33 Å². The summed E-state index contributed by atoms with van der Waals surface area (Å²) in [6.07, 6.45) is 4.67. The average Bonchev–Trinajstić information content (AvgIpc) is 2.41. The van der Waals surface area contributed by atoms with Gasteiger partial charge < -0.3 is 15.2 Å². The van der Waals surface area contributed by atoms with Gasteiger partial charge in [0.25, 0.3) is 5.56 Å². The van der Waals surface area contributed by atoms with Gasteiger partial charge in [-0.05, 0) is 25.8 Å². The van der Waals surface area contributed by atoms with Crippen LogP contribution in [0.2, 0.25) is 5.02 Å². The maximum atomic E-state index is 11.6. The van der Waals surface area contributed by atoms with Crippen LogP contribution in [0.1, 0.15) is 26.2 Å². The lowest BCUT2D eigenvalue weighted by atomic mass is 10.1. The molecule has 0 aromatic carbocycles. The van der Waals surface area contributed by atoms with E-state index in [-0.39, 0.29) is 10.6 Å². The van der Waals surface area contributed by atoms with Crippen molar-refractivity contribution < 1.29 is 0 Å². The van der Waals surface area contributed by atoms with Crippen molar-refractivity contribution in [2.24, 2.45) is 0 Å². The molecule has 0 radical (unpaired) electrons. The van der Waals surface area contributed by atoms with Gasteiger partial charge in [-0.2, -0.15) is 0 Å². The van der Waals surface area contributed by atoms with Crippen molar-refractivity contribution in [3.05, 3.63) is 21.7 Å². The van der Waals surface area contributed by atoms with E-state index in [0.29, 0.717) is 11.9 Å². The number of nitrogens with zero attached hydrogens (tertiary/aromatic N) is 2. The largest absolute Gasteiger partial charge is 0.351 e. The second-order valence-electron chi connectivity index (χ2n) is 4.56. The smallest absolute Gasteiger partial charge is 0.271 e. The van der Waals surface area contributed by atoms with Gasteiger partial charge in [0.2, 0.25) is 0 Å². The summed E-state index contributed by atoms with van der Waals surface area (Å²) >= 11 is 6.07. The molecule has 1 atom stereocenters. The van der Waals surface area contributed by atoms with Crippen molar-refractivity contribution in [1.29, 1.82) is 0 Å². The number of hydrogen-bond donors (Lipinski definition) is 2. The van der Waals surface area contributed by atoms with Crippen molar-refractivity contribution in [3.8, 4) is 0 Å². The van der Waals surface area contributed by atoms with E-state index in [0.717, 1.165) is 38.9 Å². The highest BCUT2D eigenvalue weighted by atomic mass is 35.5. The SMILES string of the molecule is CCCN(c1nc[nH]c(=O)c1Cl)C1CCCNC1. The summed E-state index contributed by atoms with van der Waals surface area (Å²) in [5.41, 5.74) is -0.272. The summed E-state index contributed by atoms with van der Waals surface area (Å²) in [6.45, 7) is 4.96. The Balaban J connectivity index is 2.28. The molecule has 0 spiro atoms. The number of hydrogen-bond acceptors (Lipinski definition) is 4. The molecule has 2 rings (SSSR count). The fraction of sp³-hybridized carbons (Fsp3) is 0.667. The average molecular weight is 271 g/mol. The highest BCUT2D eigenvalue weighted by Gasteiger charge is 2.24. The molecule has 1 aliphatic heterocycles. The molecular formula is C12H19ClN4O.